The molecule has 0 radical (unpaired) electrons. The number of urea groups is 1. The molecule has 1 heterocycles. The summed E-state index contributed by atoms with van der Waals surface area (Å²) in [6.07, 6.45) is 0.555. The number of hydrogen-bond acceptors (Lipinski definition) is 5. The zero-order valence-electron chi connectivity index (χ0n) is 14.3. The molecule has 1 aromatic carbocycles. The number of aliphatic carboxylic acids is 1. The minimum atomic E-state index is -1.13. The predicted molar refractivity (Wildman–Crippen MR) is 105 cm³/mol. The lowest BCUT2D eigenvalue weighted by Gasteiger charge is -2.14. The van der Waals surface area contributed by atoms with E-state index in [0.717, 1.165) is 15.0 Å². The van der Waals surface area contributed by atoms with E-state index < -0.39 is 23.9 Å². The topological polar surface area (TPSA) is 134 Å². The maximum absolute atomic E-state index is 12.2. The number of nitrogens with zero attached hydrogens (tertiary/aromatic N) is 1. The largest absolute Gasteiger partial charge is 0.480 e. The van der Waals surface area contributed by atoms with Gasteiger partial charge in [0.1, 0.15) is 11.0 Å². The van der Waals surface area contributed by atoms with Crippen LogP contribution in [0.5, 0.6) is 0 Å². The normalized spacial score (nSPS) is 11.6. The van der Waals surface area contributed by atoms with Gasteiger partial charge in [0.05, 0.1) is 12.1 Å². The maximum atomic E-state index is 12.2. The van der Waals surface area contributed by atoms with Gasteiger partial charge in [0.25, 0.3) is 0 Å². The van der Waals surface area contributed by atoms with Crippen molar-refractivity contribution in [3.63, 3.8) is 0 Å². The zero-order valence-corrected chi connectivity index (χ0v) is 16.7. The third-order valence-electron chi connectivity index (χ3n) is 3.57. The van der Waals surface area contributed by atoms with Crippen molar-refractivity contribution in [1.29, 1.82) is 0 Å². The van der Waals surface area contributed by atoms with E-state index in [1.54, 1.807) is 5.38 Å². The number of carboxylic acid groups (broad SMARTS) is 1. The lowest BCUT2D eigenvalue weighted by atomic mass is 10.1. The van der Waals surface area contributed by atoms with Crippen molar-refractivity contribution in [2.24, 2.45) is 5.73 Å². The molecule has 1 atom stereocenters. The van der Waals surface area contributed by atoms with Crippen LogP contribution >= 0.6 is 27.3 Å². The molecular weight excluding hydrogens is 436 g/mol. The highest BCUT2D eigenvalue weighted by Crippen LogP contribution is 2.26. The van der Waals surface area contributed by atoms with Crippen molar-refractivity contribution in [3.05, 3.63) is 39.8 Å². The van der Waals surface area contributed by atoms with Crippen molar-refractivity contribution in [3.8, 4) is 10.6 Å². The SMILES string of the molecule is NC(=O)NCCCC(NC(=O)Cc1csc(-c2cccc(Br)c2)n1)C(=O)O. The first kappa shape index (κ1) is 20.8. The lowest BCUT2D eigenvalue weighted by molar-refractivity contribution is -0.141. The van der Waals surface area contributed by atoms with E-state index in [9.17, 15) is 19.5 Å². The maximum Gasteiger partial charge on any atom is 0.326 e. The molecule has 1 aromatic heterocycles. The summed E-state index contributed by atoms with van der Waals surface area (Å²) < 4.78 is 0.935. The third-order valence-corrected chi connectivity index (χ3v) is 5.00. The number of hydrogen-bond donors (Lipinski definition) is 4. The average Bonchev–Trinajstić information content (AvgIpc) is 3.05. The molecule has 0 aliphatic heterocycles. The number of amides is 3. The predicted octanol–water partition coefficient (Wildman–Crippen LogP) is 2.13. The minimum Gasteiger partial charge on any atom is -0.480 e. The van der Waals surface area contributed by atoms with Crippen molar-refractivity contribution in [2.45, 2.75) is 25.3 Å². The molecule has 8 nitrogen and oxygen atoms in total. The molecular formula is C17H19BrN4O4S. The fourth-order valence-corrected chi connectivity index (χ4v) is 3.54. The van der Waals surface area contributed by atoms with E-state index in [0.29, 0.717) is 12.1 Å². The summed E-state index contributed by atoms with van der Waals surface area (Å²) in [5.74, 6) is -1.55. The molecule has 0 aliphatic carbocycles. The Bertz CT molecular complexity index is 827. The number of nitrogens with two attached hydrogens (primary N) is 1. The summed E-state index contributed by atoms with van der Waals surface area (Å²) in [5.41, 5.74) is 6.46. The Morgan fingerprint density at radius 2 is 2.11 bits per heavy atom. The Labute approximate surface area is 168 Å². The molecule has 27 heavy (non-hydrogen) atoms. The molecule has 5 N–H and O–H groups in total. The number of halogens is 1. The van der Waals surface area contributed by atoms with Gasteiger partial charge < -0.3 is 21.5 Å². The number of primary amides is 1. The van der Waals surface area contributed by atoms with Crippen molar-refractivity contribution in [2.75, 3.05) is 6.54 Å². The second kappa shape index (κ2) is 10.0. The van der Waals surface area contributed by atoms with E-state index in [1.165, 1.54) is 11.3 Å². The first-order chi connectivity index (χ1) is 12.8. The van der Waals surface area contributed by atoms with Crippen molar-refractivity contribution < 1.29 is 19.5 Å². The van der Waals surface area contributed by atoms with Crippen LogP contribution in [0.25, 0.3) is 10.6 Å². The number of rotatable bonds is 9. The van der Waals surface area contributed by atoms with Crippen LogP contribution in [-0.2, 0) is 16.0 Å². The molecule has 144 valence electrons. The Hall–Kier alpha value is -2.46. The monoisotopic (exact) mass is 454 g/mol. The van der Waals surface area contributed by atoms with Gasteiger partial charge >= 0.3 is 12.0 Å². The molecule has 2 aromatic rings. The summed E-state index contributed by atoms with van der Waals surface area (Å²) in [4.78, 5) is 38.5. The van der Waals surface area contributed by atoms with Gasteiger partial charge in [0.15, 0.2) is 0 Å². The summed E-state index contributed by atoms with van der Waals surface area (Å²) in [7, 11) is 0. The van der Waals surface area contributed by atoms with E-state index in [-0.39, 0.29) is 19.4 Å². The lowest BCUT2D eigenvalue weighted by Crippen LogP contribution is -2.42. The summed E-state index contributed by atoms with van der Waals surface area (Å²) in [6.45, 7) is 0.247. The Morgan fingerprint density at radius 3 is 2.78 bits per heavy atom. The molecule has 3 amide bonds. The Kier molecular flexibility index (Phi) is 7.74. The van der Waals surface area contributed by atoms with Gasteiger partial charge in [-0.3, -0.25) is 4.79 Å². The van der Waals surface area contributed by atoms with Crippen LogP contribution in [0, 0.1) is 0 Å². The van der Waals surface area contributed by atoms with E-state index in [4.69, 9.17) is 5.73 Å². The van der Waals surface area contributed by atoms with E-state index >= 15 is 0 Å². The number of carbonyl (C=O) groups excluding carboxylic acids is 2. The van der Waals surface area contributed by atoms with Crippen molar-refractivity contribution in [1.82, 2.24) is 15.6 Å². The second-order valence-corrected chi connectivity index (χ2v) is 7.50. The highest BCUT2D eigenvalue weighted by Gasteiger charge is 2.20. The quantitative estimate of drug-likeness (QED) is 0.430. The molecule has 0 spiro atoms. The third kappa shape index (κ3) is 6.99. The fraction of sp³-hybridized carbons (Fsp3) is 0.294. The van der Waals surface area contributed by atoms with Crippen LogP contribution in [-0.4, -0.2) is 40.6 Å². The first-order valence-electron chi connectivity index (χ1n) is 8.11. The van der Waals surface area contributed by atoms with Crippen LogP contribution < -0.4 is 16.4 Å². The van der Waals surface area contributed by atoms with Gasteiger partial charge in [-0.2, -0.15) is 0 Å². The van der Waals surface area contributed by atoms with Gasteiger partial charge in [0.2, 0.25) is 5.91 Å². The highest BCUT2D eigenvalue weighted by atomic mass is 79.9. The standard InChI is InChI=1S/C17H19BrN4O4S/c18-11-4-1-3-10(7-11)15-21-12(9-27-15)8-14(23)22-13(16(24)25)5-2-6-20-17(19)26/h1,3-4,7,9,13H,2,5-6,8H2,(H,22,23)(H,24,25)(H3,19,20,26). The number of nitrogens with one attached hydrogen (secondary N) is 2. The second-order valence-electron chi connectivity index (χ2n) is 5.72. The molecule has 0 fully saturated rings. The van der Waals surface area contributed by atoms with Crippen LogP contribution in [0.1, 0.15) is 18.5 Å². The number of aromatic nitrogens is 1. The fourth-order valence-electron chi connectivity index (χ4n) is 2.33. The smallest absolute Gasteiger partial charge is 0.326 e. The van der Waals surface area contributed by atoms with Crippen molar-refractivity contribution >= 4 is 45.2 Å². The molecule has 2 rings (SSSR count). The Balaban J connectivity index is 1.90. The highest BCUT2D eigenvalue weighted by molar-refractivity contribution is 9.10. The van der Waals surface area contributed by atoms with Gasteiger partial charge in [-0.25, -0.2) is 14.6 Å². The molecule has 0 saturated carbocycles. The van der Waals surface area contributed by atoms with E-state index in [2.05, 4.69) is 31.5 Å². The molecule has 0 bridgehead atoms. The first-order valence-corrected chi connectivity index (χ1v) is 9.78. The number of benzene rings is 1. The molecule has 1 unspecified atom stereocenters. The molecule has 10 heteroatoms. The van der Waals surface area contributed by atoms with Crippen LogP contribution in [0.4, 0.5) is 4.79 Å². The molecule has 0 aliphatic rings. The van der Waals surface area contributed by atoms with Gasteiger partial charge in [-0.1, -0.05) is 28.1 Å². The number of carbonyl (C=O) groups is 3. The van der Waals surface area contributed by atoms with Gasteiger partial charge in [0, 0.05) is 22.0 Å². The van der Waals surface area contributed by atoms with Gasteiger partial charge in [-0.05, 0) is 25.0 Å². The summed E-state index contributed by atoms with van der Waals surface area (Å²) >= 11 is 4.83. The molecule has 0 saturated heterocycles. The minimum absolute atomic E-state index is 0.00613. The summed E-state index contributed by atoms with van der Waals surface area (Å²) in [5, 5.41) is 16.7. The number of carboxylic acids is 1. The Morgan fingerprint density at radius 1 is 1.33 bits per heavy atom. The van der Waals surface area contributed by atoms with Crippen LogP contribution in [0.15, 0.2) is 34.1 Å². The zero-order chi connectivity index (χ0) is 19.8. The summed E-state index contributed by atoms with van der Waals surface area (Å²) in [6, 6.07) is 5.97. The van der Waals surface area contributed by atoms with Crippen LogP contribution in [0.2, 0.25) is 0 Å². The van der Waals surface area contributed by atoms with Crippen LogP contribution in [0.3, 0.4) is 0 Å². The van der Waals surface area contributed by atoms with Gasteiger partial charge in [-0.15, -0.1) is 11.3 Å². The van der Waals surface area contributed by atoms with E-state index in [1.807, 2.05) is 24.3 Å². The average molecular weight is 455 g/mol. The number of thiazole rings is 1.